The van der Waals surface area contributed by atoms with Crippen molar-refractivity contribution in [3.05, 3.63) is 29.1 Å². The fourth-order valence-electron chi connectivity index (χ4n) is 1.24. The highest BCUT2D eigenvalue weighted by Gasteiger charge is 2.16. The Morgan fingerprint density at radius 3 is 2.69 bits per heavy atom. The van der Waals surface area contributed by atoms with Crippen LogP contribution in [0.5, 0.6) is 5.75 Å². The molecule has 16 heavy (non-hydrogen) atoms. The van der Waals surface area contributed by atoms with Crippen LogP contribution in [0.1, 0.15) is 22.8 Å². The van der Waals surface area contributed by atoms with Gasteiger partial charge in [-0.15, -0.1) is 0 Å². The molecule has 5 heteroatoms. The second-order valence-electron chi connectivity index (χ2n) is 3.00. The van der Waals surface area contributed by atoms with Crippen molar-refractivity contribution < 1.29 is 18.7 Å². The zero-order valence-electron chi connectivity index (χ0n) is 9.05. The van der Waals surface area contributed by atoms with Crippen molar-refractivity contribution >= 4 is 21.9 Å². The summed E-state index contributed by atoms with van der Waals surface area (Å²) >= 11 is 3.14. The van der Waals surface area contributed by atoms with E-state index in [2.05, 4.69) is 15.9 Å². The summed E-state index contributed by atoms with van der Waals surface area (Å²) in [6, 6.07) is 2.61. The predicted molar refractivity (Wildman–Crippen MR) is 61.5 cm³/mol. The molecule has 0 spiro atoms. The molecule has 1 rings (SSSR count). The number of carbonyl (C=O) groups is 1. The average molecular weight is 291 g/mol. The third-order valence-corrected chi connectivity index (χ3v) is 2.61. The number of esters is 1. The van der Waals surface area contributed by atoms with E-state index in [0.29, 0.717) is 10.9 Å². The number of alkyl halides is 1. The van der Waals surface area contributed by atoms with Gasteiger partial charge in [0, 0.05) is 11.4 Å². The average Bonchev–Trinajstić information content (AvgIpc) is 2.28. The van der Waals surface area contributed by atoms with Crippen LogP contribution in [0.25, 0.3) is 0 Å². The molecule has 3 nitrogen and oxygen atoms in total. The van der Waals surface area contributed by atoms with Crippen molar-refractivity contribution in [2.45, 2.75) is 12.3 Å². The third-order valence-electron chi connectivity index (χ3n) is 2.01. The van der Waals surface area contributed by atoms with E-state index in [4.69, 9.17) is 9.47 Å². The van der Waals surface area contributed by atoms with Gasteiger partial charge in [0.25, 0.3) is 0 Å². The second kappa shape index (κ2) is 5.84. The lowest BCUT2D eigenvalue weighted by atomic mass is 10.1. The minimum absolute atomic E-state index is 0.181. The maximum atomic E-state index is 13.4. The minimum Gasteiger partial charge on any atom is -0.496 e. The summed E-state index contributed by atoms with van der Waals surface area (Å²) in [5.41, 5.74) is 0.629. The smallest absolute Gasteiger partial charge is 0.341 e. The summed E-state index contributed by atoms with van der Waals surface area (Å²) in [6.07, 6.45) is 0. The lowest BCUT2D eigenvalue weighted by molar-refractivity contribution is 0.0522. The molecule has 88 valence electrons. The molecule has 0 N–H and O–H groups in total. The summed E-state index contributed by atoms with van der Waals surface area (Å²) in [5, 5.41) is 0.329. The molecule has 0 aliphatic carbocycles. The van der Waals surface area contributed by atoms with Gasteiger partial charge in [-0.25, -0.2) is 9.18 Å². The molecule has 1 aromatic carbocycles. The minimum atomic E-state index is -0.512. The molecule has 0 aliphatic heterocycles. The van der Waals surface area contributed by atoms with Gasteiger partial charge < -0.3 is 9.47 Å². The highest BCUT2D eigenvalue weighted by atomic mass is 79.9. The van der Waals surface area contributed by atoms with Gasteiger partial charge in [0.1, 0.15) is 17.1 Å². The number of methoxy groups -OCH3 is 1. The number of carbonyl (C=O) groups excluding carboxylic acids is 1. The van der Waals surface area contributed by atoms with E-state index in [1.807, 2.05) is 0 Å². The third kappa shape index (κ3) is 2.72. The molecule has 0 heterocycles. The van der Waals surface area contributed by atoms with Crippen LogP contribution in [0.3, 0.4) is 0 Å². The summed E-state index contributed by atoms with van der Waals surface area (Å²) < 4.78 is 23.2. The fraction of sp³-hybridized carbons (Fsp3) is 0.364. The number of rotatable bonds is 4. The van der Waals surface area contributed by atoms with Gasteiger partial charge in [0.15, 0.2) is 0 Å². The Labute approximate surface area is 102 Å². The quantitative estimate of drug-likeness (QED) is 0.632. The summed E-state index contributed by atoms with van der Waals surface area (Å²) in [6.45, 7) is 1.97. The predicted octanol–water partition coefficient (Wildman–Crippen LogP) is 2.91. The van der Waals surface area contributed by atoms with Gasteiger partial charge in [-0.05, 0) is 18.6 Å². The Balaban J connectivity index is 3.19. The van der Waals surface area contributed by atoms with E-state index >= 15 is 0 Å². The first kappa shape index (κ1) is 13.0. The van der Waals surface area contributed by atoms with Crippen LogP contribution in [0.15, 0.2) is 12.1 Å². The monoisotopic (exact) mass is 290 g/mol. The molecule has 1 aromatic rings. The molecular formula is C11H12BrFO3. The number of ether oxygens (including phenoxy) is 2. The highest BCUT2D eigenvalue weighted by molar-refractivity contribution is 9.08. The van der Waals surface area contributed by atoms with Crippen LogP contribution in [0.2, 0.25) is 0 Å². The van der Waals surface area contributed by atoms with Crippen LogP contribution in [0.4, 0.5) is 4.39 Å². The van der Waals surface area contributed by atoms with E-state index in [9.17, 15) is 9.18 Å². The topological polar surface area (TPSA) is 35.5 Å². The van der Waals surface area contributed by atoms with Crippen molar-refractivity contribution in [2.75, 3.05) is 13.7 Å². The van der Waals surface area contributed by atoms with Crippen molar-refractivity contribution in [3.63, 3.8) is 0 Å². The Bertz CT molecular complexity index is 393. The molecule has 0 atom stereocenters. The zero-order chi connectivity index (χ0) is 12.1. The molecule has 0 unspecified atom stereocenters. The highest BCUT2D eigenvalue weighted by Crippen LogP contribution is 2.25. The summed E-state index contributed by atoms with van der Waals surface area (Å²) in [4.78, 5) is 11.6. The number of hydrogen-bond acceptors (Lipinski definition) is 3. The fourth-order valence-corrected chi connectivity index (χ4v) is 1.67. The maximum absolute atomic E-state index is 13.4. The zero-order valence-corrected chi connectivity index (χ0v) is 10.6. The first-order valence-electron chi connectivity index (χ1n) is 4.73. The van der Waals surface area contributed by atoms with Gasteiger partial charge in [0.05, 0.1) is 13.7 Å². The molecule has 0 fully saturated rings. The van der Waals surface area contributed by atoms with E-state index in [1.54, 1.807) is 6.92 Å². The van der Waals surface area contributed by atoms with Crippen molar-refractivity contribution in [1.82, 2.24) is 0 Å². The first-order valence-corrected chi connectivity index (χ1v) is 5.85. The maximum Gasteiger partial charge on any atom is 0.341 e. The van der Waals surface area contributed by atoms with E-state index in [0.717, 1.165) is 0 Å². The Morgan fingerprint density at radius 1 is 1.50 bits per heavy atom. The van der Waals surface area contributed by atoms with Gasteiger partial charge in [0.2, 0.25) is 0 Å². The summed E-state index contributed by atoms with van der Waals surface area (Å²) in [7, 11) is 1.38. The number of halogens is 2. The summed E-state index contributed by atoms with van der Waals surface area (Å²) in [5.74, 6) is -0.746. The molecule has 0 amide bonds. The molecular weight excluding hydrogens is 279 g/mol. The molecule has 0 saturated carbocycles. The molecule has 0 radical (unpaired) electrons. The van der Waals surface area contributed by atoms with Crippen LogP contribution < -0.4 is 4.74 Å². The van der Waals surface area contributed by atoms with Gasteiger partial charge >= 0.3 is 5.97 Å². The van der Waals surface area contributed by atoms with Gasteiger partial charge in [-0.2, -0.15) is 0 Å². The first-order chi connectivity index (χ1) is 7.63. The van der Waals surface area contributed by atoms with Gasteiger partial charge in [-0.3, -0.25) is 0 Å². The molecule has 0 aliphatic rings. The Morgan fingerprint density at radius 2 is 2.19 bits per heavy atom. The lowest BCUT2D eigenvalue weighted by Crippen LogP contribution is -2.08. The van der Waals surface area contributed by atoms with Gasteiger partial charge in [-0.1, -0.05) is 15.9 Å². The van der Waals surface area contributed by atoms with Crippen LogP contribution in [0, 0.1) is 5.82 Å². The Hall–Kier alpha value is -1.10. The van der Waals surface area contributed by atoms with E-state index in [-0.39, 0.29) is 17.9 Å². The van der Waals surface area contributed by atoms with Crippen LogP contribution >= 0.6 is 15.9 Å². The molecule has 0 aromatic heterocycles. The Kier molecular flexibility index (Phi) is 4.73. The normalized spacial score (nSPS) is 10.0. The SMILES string of the molecule is CCOC(=O)c1cc(CBr)c(F)cc1OC. The van der Waals surface area contributed by atoms with Crippen molar-refractivity contribution in [1.29, 1.82) is 0 Å². The number of hydrogen-bond donors (Lipinski definition) is 0. The van der Waals surface area contributed by atoms with E-state index < -0.39 is 11.8 Å². The van der Waals surface area contributed by atoms with Crippen molar-refractivity contribution in [2.24, 2.45) is 0 Å². The standard InChI is InChI=1S/C11H12BrFO3/c1-3-16-11(14)8-4-7(6-12)9(13)5-10(8)15-2/h4-5H,3,6H2,1-2H3. The molecule has 0 bridgehead atoms. The largest absolute Gasteiger partial charge is 0.496 e. The molecule has 0 saturated heterocycles. The van der Waals surface area contributed by atoms with Crippen LogP contribution in [-0.2, 0) is 10.1 Å². The number of benzene rings is 1. The lowest BCUT2D eigenvalue weighted by Gasteiger charge is -2.10. The second-order valence-corrected chi connectivity index (χ2v) is 3.56. The van der Waals surface area contributed by atoms with Crippen molar-refractivity contribution in [3.8, 4) is 5.75 Å². The van der Waals surface area contributed by atoms with E-state index in [1.165, 1.54) is 19.2 Å². The van der Waals surface area contributed by atoms with Crippen LogP contribution in [-0.4, -0.2) is 19.7 Å².